The molecule has 21 nitrogen and oxygen atoms in total. The van der Waals surface area contributed by atoms with Gasteiger partial charge in [0.15, 0.2) is 17.5 Å². The number of nitrogens with two attached hydrogens (primary N) is 1. The van der Waals surface area contributed by atoms with E-state index in [9.17, 15) is 0 Å². The summed E-state index contributed by atoms with van der Waals surface area (Å²) in [6.45, 7) is 11.5. The van der Waals surface area contributed by atoms with Crippen LogP contribution in [0.2, 0.25) is 0 Å². The summed E-state index contributed by atoms with van der Waals surface area (Å²) in [5.41, 5.74) is 21.4. The molecule has 0 saturated heterocycles. The summed E-state index contributed by atoms with van der Waals surface area (Å²) in [6.07, 6.45) is 40.6. The van der Waals surface area contributed by atoms with Gasteiger partial charge < -0.3 is 45.6 Å². The first-order valence-electron chi connectivity index (χ1n) is 41.2. The molecule has 576 valence electrons. The second kappa shape index (κ2) is 36.1. The molecule has 12 aromatic rings. The molecule has 0 amide bonds. The van der Waals surface area contributed by atoms with Crippen LogP contribution < -0.4 is 27.0 Å². The Labute approximate surface area is 654 Å². The Morgan fingerprint density at radius 3 is 1.14 bits per heavy atom. The number of rotatable bonds is 23. The van der Waals surface area contributed by atoms with Gasteiger partial charge in [-0.25, -0.2) is 44.9 Å². The standard InChI is InChI=1S/C31H39N7.C30H37N7.C29H35N7/c1-36(2)28(22-37-16-13-23-8-6-7-9-26(23)21-37)20-33-29-18-24(12-15-32-29)30-34-19-25-14-17-38(31(25)35-30)27-10-4-3-5-11-27;1-31-26(21-36-15-12-22-7-5-6-8-25(22)20-36)19-33-28-17-23(11-14-32-28)29-34-18-24-13-16-37(30(24)35-29)27-9-3-2-4-10-27;30-25(20-35-14-11-21-6-4-5-7-24(21)19-35)18-32-27-16-22(10-13-31-27)28-33-17-23-12-15-36(29(23)34-28)26-8-2-1-3-9-26/h6-9,12,14-15,17-19,27-28H,3-5,10-11,13,16,20-22H2,1-2H3,(H,32,33);5-8,11,13-14,16-18,26-27,31H,2-4,9-10,12,15,19-21H2,1H3,(H,32,33);4-7,10,12-13,15-17,25-26H,1-3,8-9,11,14,18-20,30H2,(H,31,32). The molecule has 3 fully saturated rings. The van der Waals surface area contributed by atoms with E-state index in [1.54, 1.807) is 0 Å². The van der Waals surface area contributed by atoms with E-state index in [2.05, 4.69) is 215 Å². The van der Waals surface area contributed by atoms with E-state index in [0.717, 1.165) is 176 Å². The fraction of sp³-hybridized carbons (Fsp3) is 0.433. The van der Waals surface area contributed by atoms with Crippen LogP contribution in [0.4, 0.5) is 17.5 Å². The summed E-state index contributed by atoms with van der Waals surface area (Å²) >= 11 is 0. The molecule has 111 heavy (non-hydrogen) atoms. The average molecular weight is 1490 g/mol. The predicted octanol–water partition coefficient (Wildman–Crippen LogP) is 15.3. The third-order valence-electron chi connectivity index (χ3n) is 24.1. The van der Waals surface area contributed by atoms with E-state index >= 15 is 0 Å². The summed E-state index contributed by atoms with van der Waals surface area (Å²) in [4.78, 5) is 52.6. The number of hydrogen-bond donors (Lipinski definition) is 5. The first-order valence-corrected chi connectivity index (χ1v) is 41.2. The van der Waals surface area contributed by atoms with Crippen molar-refractivity contribution in [1.82, 2.24) is 83.5 Å². The maximum Gasteiger partial charge on any atom is 0.161 e. The van der Waals surface area contributed by atoms with Crippen LogP contribution in [0.15, 0.2) is 183 Å². The Morgan fingerprint density at radius 2 is 0.757 bits per heavy atom. The van der Waals surface area contributed by atoms with Crippen LogP contribution in [0.5, 0.6) is 0 Å². The molecular weight excluding hydrogens is 1380 g/mol. The Morgan fingerprint density at radius 1 is 0.405 bits per heavy atom. The van der Waals surface area contributed by atoms with Crippen LogP contribution in [0.3, 0.4) is 0 Å². The van der Waals surface area contributed by atoms with E-state index in [1.165, 1.54) is 130 Å². The zero-order chi connectivity index (χ0) is 75.2. The van der Waals surface area contributed by atoms with Crippen molar-refractivity contribution in [2.45, 2.75) is 171 Å². The average Bonchev–Trinajstić information content (AvgIpc) is 1.67. The van der Waals surface area contributed by atoms with Crippen molar-refractivity contribution in [3.63, 3.8) is 0 Å². The highest BCUT2D eigenvalue weighted by Crippen LogP contribution is 2.36. The van der Waals surface area contributed by atoms with E-state index in [0.29, 0.717) is 36.8 Å². The Balaban J connectivity index is 0.000000126. The molecule has 21 heteroatoms. The van der Waals surface area contributed by atoms with E-state index in [-0.39, 0.29) is 6.04 Å². The molecule has 3 aromatic carbocycles. The number of fused-ring (bicyclic) bond motifs is 6. The summed E-state index contributed by atoms with van der Waals surface area (Å²) in [5.74, 6) is 4.77. The quantitative estimate of drug-likeness (QED) is 0.0402. The van der Waals surface area contributed by atoms with Gasteiger partial charge in [-0.2, -0.15) is 0 Å². The van der Waals surface area contributed by atoms with Crippen molar-refractivity contribution in [3.05, 3.63) is 217 Å². The van der Waals surface area contributed by atoms with Crippen molar-refractivity contribution in [1.29, 1.82) is 0 Å². The normalized spacial score (nSPS) is 17.6. The number of likely N-dealkylation sites (N-methyl/N-ethyl adjacent to an activating group) is 2. The van der Waals surface area contributed by atoms with E-state index in [4.69, 9.17) is 25.7 Å². The van der Waals surface area contributed by atoms with Gasteiger partial charge in [0, 0.05) is 203 Å². The Hall–Kier alpha value is -9.87. The zero-order valence-corrected chi connectivity index (χ0v) is 65.2. The molecule has 18 rings (SSSR count). The Kier molecular flexibility index (Phi) is 24.4. The molecule has 9 aromatic heterocycles. The number of hydrogen-bond acceptors (Lipinski definition) is 18. The number of benzene rings is 3. The zero-order valence-electron chi connectivity index (χ0n) is 65.2. The van der Waals surface area contributed by atoms with Crippen LogP contribution in [0.25, 0.3) is 67.3 Å². The highest BCUT2D eigenvalue weighted by molar-refractivity contribution is 5.80. The first kappa shape index (κ1) is 75.2. The molecule has 3 unspecified atom stereocenters. The summed E-state index contributed by atoms with van der Waals surface area (Å²) in [7, 11) is 6.37. The number of aromatic nitrogens is 12. The first-order chi connectivity index (χ1) is 54.6. The highest BCUT2D eigenvalue weighted by Gasteiger charge is 2.26. The van der Waals surface area contributed by atoms with Crippen molar-refractivity contribution in [3.8, 4) is 34.2 Å². The van der Waals surface area contributed by atoms with Gasteiger partial charge >= 0.3 is 0 Å². The third kappa shape index (κ3) is 18.7. The third-order valence-corrected chi connectivity index (χ3v) is 24.1. The van der Waals surface area contributed by atoms with Gasteiger partial charge in [0.25, 0.3) is 0 Å². The molecule has 3 saturated carbocycles. The molecule has 6 aliphatic rings. The van der Waals surface area contributed by atoms with Crippen LogP contribution in [0.1, 0.15) is 148 Å². The van der Waals surface area contributed by atoms with Crippen molar-refractivity contribution in [2.75, 3.05) is 96.0 Å². The monoisotopic (exact) mass is 1490 g/mol. The number of nitrogens with zero attached hydrogens (tertiary/aromatic N) is 16. The second-order valence-electron chi connectivity index (χ2n) is 32.0. The van der Waals surface area contributed by atoms with Gasteiger partial charge in [-0.15, -0.1) is 0 Å². The fourth-order valence-electron chi connectivity index (χ4n) is 17.7. The van der Waals surface area contributed by atoms with Gasteiger partial charge in [-0.3, -0.25) is 14.7 Å². The minimum atomic E-state index is 0.0205. The topological polar surface area (TPSA) is 218 Å². The maximum atomic E-state index is 6.50. The van der Waals surface area contributed by atoms with E-state index < -0.39 is 0 Å². The van der Waals surface area contributed by atoms with Crippen molar-refractivity contribution < 1.29 is 0 Å². The van der Waals surface area contributed by atoms with Gasteiger partial charge in [0.05, 0.1) is 0 Å². The number of nitrogens with one attached hydrogen (secondary N) is 4. The largest absolute Gasteiger partial charge is 0.368 e. The van der Waals surface area contributed by atoms with Gasteiger partial charge in [-0.05, 0) is 167 Å². The SMILES string of the molecule is CN(C)C(CNc1cc(-c2ncc3ccn(C4CCCCC4)c3n2)ccn1)CN1CCc2ccccc2C1.CNC(CNc1cc(-c2ncc3ccn(C4CCCCC4)c3n2)ccn1)CN1CCc2ccccc2C1.NC(CNc1cc(-c2ncc3ccn(C4CCCCC4)c3n2)ccn1)CN1CCc2ccccc2C1. The molecule has 3 atom stereocenters. The summed E-state index contributed by atoms with van der Waals surface area (Å²) in [5, 5.41) is 17.4. The summed E-state index contributed by atoms with van der Waals surface area (Å²) in [6, 6.07) is 47.3. The molecule has 0 spiro atoms. The molecule has 3 aliphatic carbocycles. The van der Waals surface area contributed by atoms with Crippen LogP contribution in [0, 0.1) is 0 Å². The van der Waals surface area contributed by atoms with Crippen molar-refractivity contribution in [2.24, 2.45) is 5.73 Å². The minimum Gasteiger partial charge on any atom is -0.368 e. The summed E-state index contributed by atoms with van der Waals surface area (Å²) < 4.78 is 7.11. The molecular formula is C90H111N21. The van der Waals surface area contributed by atoms with Crippen molar-refractivity contribution >= 4 is 50.6 Å². The predicted molar refractivity (Wildman–Crippen MR) is 449 cm³/mol. The molecule has 12 heterocycles. The second-order valence-corrected chi connectivity index (χ2v) is 32.0. The van der Waals surface area contributed by atoms with Crippen LogP contribution in [-0.4, -0.2) is 176 Å². The Bertz CT molecular complexity index is 5020. The van der Waals surface area contributed by atoms with Crippen LogP contribution >= 0.6 is 0 Å². The molecule has 6 N–H and O–H groups in total. The molecule has 0 bridgehead atoms. The lowest BCUT2D eigenvalue weighted by atomic mass is 9.95. The maximum absolute atomic E-state index is 6.50. The smallest absolute Gasteiger partial charge is 0.161 e. The lowest BCUT2D eigenvalue weighted by molar-refractivity contribution is 0.177. The van der Waals surface area contributed by atoms with Gasteiger partial charge in [0.1, 0.15) is 34.4 Å². The number of anilines is 3. The fourth-order valence-corrected chi connectivity index (χ4v) is 17.7. The lowest BCUT2D eigenvalue weighted by Crippen LogP contribution is -2.45. The van der Waals surface area contributed by atoms with Crippen LogP contribution in [-0.2, 0) is 38.9 Å². The van der Waals surface area contributed by atoms with Gasteiger partial charge in [-0.1, -0.05) is 131 Å². The highest BCUT2D eigenvalue weighted by atomic mass is 15.2. The molecule has 0 radical (unpaired) electrons. The molecule has 3 aliphatic heterocycles. The van der Waals surface area contributed by atoms with Gasteiger partial charge in [0.2, 0.25) is 0 Å². The minimum absolute atomic E-state index is 0.0205. The van der Waals surface area contributed by atoms with E-state index in [1.807, 2.05) is 68.5 Å². The number of pyridine rings is 3. The lowest BCUT2D eigenvalue weighted by Gasteiger charge is -2.34.